The van der Waals surface area contributed by atoms with Gasteiger partial charge in [0.05, 0.1) is 40.5 Å². The summed E-state index contributed by atoms with van der Waals surface area (Å²) in [6.07, 6.45) is 5.23. The molecule has 5 N–H and O–H groups in total. The van der Waals surface area contributed by atoms with Gasteiger partial charge in [-0.05, 0) is 57.9 Å². The molecule has 17 nitrogen and oxygen atoms in total. The van der Waals surface area contributed by atoms with Gasteiger partial charge in [-0.3, -0.25) is 18.8 Å². The molecule has 1 aromatic heterocycles. The van der Waals surface area contributed by atoms with Crippen LogP contribution in [0.25, 0.3) is 4.91 Å². The van der Waals surface area contributed by atoms with Crippen LogP contribution in [0.15, 0.2) is 16.8 Å². The molecule has 3 unspecified atom stereocenters. The number of nitrogens with zero attached hydrogens (tertiary/aromatic N) is 5. The first-order chi connectivity index (χ1) is 20.7. The molecule has 3 atom stereocenters. The fourth-order valence-electron chi connectivity index (χ4n) is 5.67. The van der Waals surface area contributed by atoms with Crippen molar-refractivity contribution < 1.29 is 45.4 Å². The van der Waals surface area contributed by atoms with E-state index < -0.39 is 20.2 Å². The van der Waals surface area contributed by atoms with Gasteiger partial charge in [-0.2, -0.15) is 31.3 Å². The SMILES string of the molecule is C=C(SOOO)c1nsc(N=NC2CCC(N(CCCS(=O)(=O)O)C3CCC(NCCS(=O)(=O)O)CC3)CC2NC(C)=O)n1. The summed E-state index contributed by atoms with van der Waals surface area (Å²) in [7, 11) is -8.16. The average molecular weight is 702 g/mol. The number of hydrogen-bond acceptors (Lipinski definition) is 16. The topological polar surface area (TPSA) is 242 Å². The van der Waals surface area contributed by atoms with E-state index in [2.05, 4.69) is 51.1 Å². The summed E-state index contributed by atoms with van der Waals surface area (Å²) in [5.74, 6) is -0.702. The average Bonchev–Trinajstić information content (AvgIpc) is 3.42. The molecule has 2 fully saturated rings. The normalized spacial score (nSPS) is 25.0. The van der Waals surface area contributed by atoms with E-state index in [1.54, 1.807) is 0 Å². The summed E-state index contributed by atoms with van der Waals surface area (Å²) in [5.41, 5.74) is 0. The van der Waals surface area contributed by atoms with Gasteiger partial charge in [-0.25, -0.2) is 5.26 Å². The van der Waals surface area contributed by atoms with Gasteiger partial charge in [-0.1, -0.05) is 11.6 Å². The Bertz CT molecular complexity index is 1340. The van der Waals surface area contributed by atoms with Gasteiger partial charge in [0.1, 0.15) is 0 Å². The first kappa shape index (κ1) is 36.8. The van der Waals surface area contributed by atoms with Gasteiger partial charge in [-0.15, -0.1) is 9.45 Å². The molecule has 0 bridgehead atoms. The van der Waals surface area contributed by atoms with Crippen molar-refractivity contribution in [1.29, 1.82) is 0 Å². The molecule has 0 aliphatic heterocycles. The molecular weight excluding hydrogens is 663 g/mol. The van der Waals surface area contributed by atoms with Crippen LogP contribution in [0.2, 0.25) is 0 Å². The first-order valence-corrected chi connectivity index (χ1v) is 18.7. The number of azo groups is 1. The van der Waals surface area contributed by atoms with Crippen molar-refractivity contribution in [3.05, 3.63) is 12.4 Å². The zero-order valence-electron chi connectivity index (χ0n) is 24.1. The quantitative estimate of drug-likeness (QED) is 0.0515. The molecule has 0 aromatic carbocycles. The van der Waals surface area contributed by atoms with E-state index in [-0.39, 0.29) is 76.4 Å². The predicted octanol–water partition coefficient (Wildman–Crippen LogP) is 2.46. The Kier molecular flexibility index (Phi) is 14.5. The largest absolute Gasteiger partial charge is 0.351 e. The first-order valence-electron chi connectivity index (χ1n) is 14.0. The number of aromatic nitrogens is 2. The van der Waals surface area contributed by atoms with Gasteiger partial charge in [0, 0.05) is 43.1 Å². The van der Waals surface area contributed by atoms with Gasteiger partial charge in [0.2, 0.25) is 11.0 Å². The maximum atomic E-state index is 12.1. The Balaban J connectivity index is 1.67. The van der Waals surface area contributed by atoms with Crippen molar-refractivity contribution in [2.24, 2.45) is 10.2 Å². The zero-order valence-corrected chi connectivity index (χ0v) is 27.4. The lowest BCUT2D eigenvalue weighted by atomic mass is 9.83. The fraction of sp³-hybridized carbons (Fsp3) is 0.783. The van der Waals surface area contributed by atoms with Gasteiger partial charge >= 0.3 is 0 Å². The molecule has 44 heavy (non-hydrogen) atoms. The molecule has 0 spiro atoms. The molecule has 1 amide bonds. The minimum absolute atomic E-state index is 0.0102. The highest BCUT2D eigenvalue weighted by Crippen LogP contribution is 2.33. The number of rotatable bonds is 17. The fourth-order valence-corrected chi connectivity index (χ4v) is 7.41. The number of carbonyl (C=O) groups excluding carboxylic acids is 1. The second kappa shape index (κ2) is 17.3. The standard InChI is InChI=1S/C23H39N7O10S4/c1-15(42-40-39-32)22-26-23(41-29-22)28-27-20-9-8-19(14-21(20)25-16(2)31)30(11-3-12-43(33,34)35)18-6-4-17(5-7-18)24-10-13-44(36,37)38/h17-21,24,32H,1,3-14H2,2H3,(H,25,31)(H,33,34,35)(H,36,37,38). The minimum atomic E-state index is -4.12. The lowest BCUT2D eigenvalue weighted by molar-refractivity contribution is -0.431. The van der Waals surface area contributed by atoms with E-state index in [9.17, 15) is 26.2 Å². The van der Waals surface area contributed by atoms with Crippen LogP contribution in [-0.4, -0.2) is 106 Å². The van der Waals surface area contributed by atoms with Crippen LogP contribution < -0.4 is 10.6 Å². The highest BCUT2D eigenvalue weighted by molar-refractivity contribution is 8.03. The minimum Gasteiger partial charge on any atom is -0.351 e. The monoisotopic (exact) mass is 701 g/mol. The number of hydrogen-bond donors (Lipinski definition) is 5. The third-order valence-electron chi connectivity index (χ3n) is 7.54. The van der Waals surface area contributed by atoms with Gasteiger partial charge < -0.3 is 10.6 Å². The highest BCUT2D eigenvalue weighted by atomic mass is 32.2. The molecule has 2 aliphatic carbocycles. The molecule has 1 heterocycles. The molecule has 3 rings (SSSR count). The second-order valence-corrected chi connectivity index (χ2v) is 15.4. The Hall–Kier alpha value is -1.66. The van der Waals surface area contributed by atoms with Crippen LogP contribution in [0.1, 0.15) is 64.1 Å². The van der Waals surface area contributed by atoms with Crippen LogP contribution >= 0.6 is 23.6 Å². The summed E-state index contributed by atoms with van der Waals surface area (Å²) < 4.78 is 71.7. The molecule has 2 aliphatic rings. The van der Waals surface area contributed by atoms with Crippen molar-refractivity contribution in [1.82, 2.24) is 24.9 Å². The van der Waals surface area contributed by atoms with Crippen LogP contribution in [0, 0.1) is 0 Å². The molecule has 0 saturated heterocycles. The van der Waals surface area contributed by atoms with E-state index in [0.29, 0.717) is 37.8 Å². The molecule has 0 radical (unpaired) electrons. The molecule has 2 saturated carbocycles. The van der Waals surface area contributed by atoms with E-state index in [1.165, 1.54) is 6.92 Å². The third-order valence-corrected chi connectivity index (χ3v) is 10.2. The molecule has 1 aromatic rings. The maximum absolute atomic E-state index is 12.1. The Morgan fingerprint density at radius 2 is 1.80 bits per heavy atom. The molecular formula is C23H39N7O10S4. The van der Waals surface area contributed by atoms with Crippen LogP contribution in [0.5, 0.6) is 0 Å². The van der Waals surface area contributed by atoms with Crippen molar-refractivity contribution in [2.45, 2.75) is 88.5 Å². The molecule has 250 valence electrons. The van der Waals surface area contributed by atoms with Crippen molar-refractivity contribution in [3.63, 3.8) is 0 Å². The van der Waals surface area contributed by atoms with E-state index in [1.807, 2.05) is 0 Å². The second-order valence-electron chi connectivity index (χ2n) is 10.7. The Morgan fingerprint density at radius 1 is 1.11 bits per heavy atom. The summed E-state index contributed by atoms with van der Waals surface area (Å²) in [6, 6.07) is -0.443. The Labute approximate surface area is 265 Å². The van der Waals surface area contributed by atoms with E-state index in [0.717, 1.165) is 37.2 Å². The van der Waals surface area contributed by atoms with Crippen LogP contribution in [0.4, 0.5) is 5.13 Å². The predicted molar refractivity (Wildman–Crippen MR) is 163 cm³/mol. The highest BCUT2D eigenvalue weighted by Gasteiger charge is 2.37. The van der Waals surface area contributed by atoms with E-state index in [4.69, 9.17) is 9.81 Å². The number of nitrogens with one attached hydrogen (secondary N) is 2. The van der Waals surface area contributed by atoms with Crippen molar-refractivity contribution in [3.8, 4) is 0 Å². The summed E-state index contributed by atoms with van der Waals surface area (Å²) in [4.78, 5) is 18.9. The number of carbonyl (C=O) groups is 1. The summed E-state index contributed by atoms with van der Waals surface area (Å²) in [6.45, 7) is 5.74. The van der Waals surface area contributed by atoms with Crippen LogP contribution in [0.3, 0.4) is 0 Å². The summed E-state index contributed by atoms with van der Waals surface area (Å²) in [5, 5.41) is 27.0. The van der Waals surface area contributed by atoms with Crippen LogP contribution in [-0.2, 0) is 34.4 Å². The molecule has 21 heteroatoms. The number of amides is 1. The lowest BCUT2D eigenvalue weighted by Gasteiger charge is -2.45. The maximum Gasteiger partial charge on any atom is 0.266 e. The van der Waals surface area contributed by atoms with Gasteiger partial charge in [0.25, 0.3) is 20.2 Å². The van der Waals surface area contributed by atoms with E-state index >= 15 is 0 Å². The van der Waals surface area contributed by atoms with Crippen molar-refractivity contribution in [2.75, 3.05) is 24.6 Å². The Morgan fingerprint density at radius 3 is 2.43 bits per heavy atom. The van der Waals surface area contributed by atoms with Gasteiger partial charge in [0.15, 0.2) is 5.82 Å². The smallest absolute Gasteiger partial charge is 0.266 e. The van der Waals surface area contributed by atoms with Crippen molar-refractivity contribution >= 4 is 59.8 Å². The summed E-state index contributed by atoms with van der Waals surface area (Å²) >= 11 is 1.62. The third kappa shape index (κ3) is 13.0. The zero-order chi connectivity index (χ0) is 32.3. The lowest BCUT2D eigenvalue weighted by Crippen LogP contribution is -2.54.